The third-order valence-corrected chi connectivity index (χ3v) is 8.85. The van der Waals surface area contributed by atoms with Crippen LogP contribution in [0.2, 0.25) is 0 Å². The quantitative estimate of drug-likeness (QED) is 0.237. The molecule has 6 aromatic carbocycles. The molecule has 0 atom stereocenters. The largest absolute Gasteiger partial charge is 0.506 e. The normalized spacial score (nSPS) is 13.2. The van der Waals surface area contributed by atoms with Crippen LogP contribution in [0.3, 0.4) is 0 Å². The molecule has 218 valence electrons. The lowest BCUT2D eigenvalue weighted by Gasteiger charge is -2.19. The van der Waals surface area contributed by atoms with Crippen molar-refractivity contribution in [3.8, 4) is 28.0 Å². The van der Waals surface area contributed by atoms with E-state index in [-0.39, 0.29) is 51.1 Å². The Hall–Kier alpha value is -6.47. The number of fused-ring (bicyclic) bond motifs is 5. The number of benzene rings is 6. The summed E-state index contributed by atoms with van der Waals surface area (Å²) in [5, 5.41) is 12.3. The molecule has 0 unspecified atom stereocenters. The fourth-order valence-corrected chi connectivity index (χ4v) is 6.59. The predicted molar refractivity (Wildman–Crippen MR) is 172 cm³/mol. The highest BCUT2D eigenvalue weighted by molar-refractivity contribution is 6.29. The molecule has 0 heterocycles. The van der Waals surface area contributed by atoms with Gasteiger partial charge in [-0.2, -0.15) is 0 Å². The molecule has 7 heteroatoms. The second-order valence-electron chi connectivity index (χ2n) is 11.4. The highest BCUT2D eigenvalue weighted by Gasteiger charge is 2.31. The lowest BCUT2D eigenvalue weighted by molar-refractivity contribution is 0.0979. The Kier molecular flexibility index (Phi) is 5.76. The van der Waals surface area contributed by atoms with E-state index < -0.39 is 5.91 Å². The van der Waals surface area contributed by atoms with E-state index in [0.717, 1.165) is 0 Å². The van der Waals surface area contributed by atoms with Gasteiger partial charge in [-0.1, -0.05) is 72.8 Å². The van der Waals surface area contributed by atoms with Crippen LogP contribution < -0.4 is 5.73 Å². The minimum absolute atomic E-state index is 0.0904. The number of rotatable bonds is 3. The van der Waals surface area contributed by atoms with E-state index in [1.54, 1.807) is 109 Å². The molecule has 0 bridgehead atoms. The monoisotopic (exact) mass is 599 g/mol. The predicted octanol–water partition coefficient (Wildman–Crippen LogP) is 6.53. The zero-order chi connectivity index (χ0) is 31.9. The lowest BCUT2D eigenvalue weighted by atomic mass is 9.82. The fourth-order valence-electron chi connectivity index (χ4n) is 6.59. The molecule has 8 rings (SSSR count). The minimum atomic E-state index is -0.841. The second kappa shape index (κ2) is 9.77. The maximum absolute atomic E-state index is 13.4. The van der Waals surface area contributed by atoms with E-state index in [9.17, 15) is 29.1 Å². The van der Waals surface area contributed by atoms with Crippen molar-refractivity contribution in [2.75, 3.05) is 0 Å². The molecule has 0 spiro atoms. The van der Waals surface area contributed by atoms with Gasteiger partial charge in [0.25, 0.3) is 5.91 Å². The number of nitrogens with two attached hydrogens (primary N) is 1. The first kappa shape index (κ1) is 27.1. The van der Waals surface area contributed by atoms with Gasteiger partial charge >= 0.3 is 0 Å². The SMILES string of the molecule is NC(=O)c1c(O)c(-c2ccc3c(c2)C(=O)c2ccccc2C3=O)cc2cc(-c3ccc4c(c3)C(=O)c3ccccc3C4=O)ccc12. The Balaban J connectivity index is 1.27. The van der Waals surface area contributed by atoms with Gasteiger partial charge in [0.05, 0.1) is 5.56 Å². The van der Waals surface area contributed by atoms with Gasteiger partial charge in [0.2, 0.25) is 0 Å². The number of carbonyl (C=O) groups excluding carboxylic acids is 5. The van der Waals surface area contributed by atoms with Gasteiger partial charge in [0, 0.05) is 50.1 Å². The number of aromatic hydroxyl groups is 1. The average Bonchev–Trinajstić information content (AvgIpc) is 3.08. The van der Waals surface area contributed by atoms with E-state index in [4.69, 9.17) is 5.73 Å². The van der Waals surface area contributed by atoms with Crippen LogP contribution in [0.5, 0.6) is 5.75 Å². The Morgan fingerprint density at radius 3 is 1.39 bits per heavy atom. The number of hydrogen-bond acceptors (Lipinski definition) is 6. The van der Waals surface area contributed by atoms with Gasteiger partial charge < -0.3 is 10.8 Å². The van der Waals surface area contributed by atoms with E-state index in [2.05, 4.69) is 0 Å². The fraction of sp³-hybridized carbons (Fsp3) is 0. The molecule has 0 aromatic heterocycles. The van der Waals surface area contributed by atoms with Crippen molar-refractivity contribution in [1.29, 1.82) is 0 Å². The van der Waals surface area contributed by atoms with Crippen molar-refractivity contribution in [3.05, 3.63) is 159 Å². The highest BCUT2D eigenvalue weighted by atomic mass is 16.3. The van der Waals surface area contributed by atoms with Crippen LogP contribution in [0.4, 0.5) is 0 Å². The second-order valence-corrected chi connectivity index (χ2v) is 11.4. The first-order chi connectivity index (χ1) is 22.2. The van der Waals surface area contributed by atoms with Crippen molar-refractivity contribution in [1.82, 2.24) is 0 Å². The number of ketones is 4. The number of phenols is 1. The van der Waals surface area contributed by atoms with Crippen LogP contribution >= 0.6 is 0 Å². The van der Waals surface area contributed by atoms with E-state index in [0.29, 0.717) is 60.8 Å². The zero-order valence-corrected chi connectivity index (χ0v) is 24.0. The van der Waals surface area contributed by atoms with Crippen LogP contribution in [-0.2, 0) is 0 Å². The molecule has 7 nitrogen and oxygen atoms in total. The zero-order valence-electron chi connectivity index (χ0n) is 24.0. The Labute approximate surface area is 261 Å². The van der Waals surface area contributed by atoms with Gasteiger partial charge in [-0.15, -0.1) is 0 Å². The number of hydrogen-bond donors (Lipinski definition) is 2. The molecule has 0 saturated carbocycles. The molecule has 1 amide bonds. The van der Waals surface area contributed by atoms with Crippen LogP contribution in [0.25, 0.3) is 33.0 Å². The summed E-state index contributed by atoms with van der Waals surface area (Å²) in [6.45, 7) is 0. The molecular formula is C39H21NO6. The number of primary amides is 1. The summed E-state index contributed by atoms with van der Waals surface area (Å²) < 4.78 is 0. The van der Waals surface area contributed by atoms with Crippen LogP contribution in [0, 0.1) is 0 Å². The summed E-state index contributed by atoms with van der Waals surface area (Å²) in [6, 6.07) is 30.1. The van der Waals surface area contributed by atoms with Gasteiger partial charge in [0.15, 0.2) is 23.1 Å². The summed E-state index contributed by atoms with van der Waals surface area (Å²) in [6.07, 6.45) is 0. The standard InChI is InChI=1S/C39H21NO6/c40-39(46)33-23-12-9-19(20-10-13-28-31(16-20)36(43)26-7-3-1-5-24(26)34(28)41)15-22(23)18-30(38(33)45)21-11-14-29-32(17-21)37(44)27-8-4-2-6-25(27)35(29)42/h1-18,45H,(H2,40,46). The highest BCUT2D eigenvalue weighted by Crippen LogP contribution is 2.41. The molecule has 3 N–H and O–H groups in total. The van der Waals surface area contributed by atoms with E-state index in [1.165, 1.54) is 0 Å². The van der Waals surface area contributed by atoms with Crippen molar-refractivity contribution in [2.24, 2.45) is 5.73 Å². The minimum Gasteiger partial charge on any atom is -0.506 e. The third kappa shape index (κ3) is 3.82. The first-order valence-corrected chi connectivity index (χ1v) is 14.5. The average molecular weight is 600 g/mol. The van der Waals surface area contributed by atoms with Crippen LogP contribution in [-0.4, -0.2) is 34.1 Å². The molecule has 46 heavy (non-hydrogen) atoms. The maximum Gasteiger partial charge on any atom is 0.253 e. The van der Waals surface area contributed by atoms with E-state index >= 15 is 0 Å². The molecule has 0 saturated heterocycles. The van der Waals surface area contributed by atoms with Crippen LogP contribution in [0.15, 0.2) is 109 Å². The van der Waals surface area contributed by atoms with Crippen LogP contribution in [0.1, 0.15) is 74.0 Å². The Bertz CT molecular complexity index is 2440. The summed E-state index contributed by atoms with van der Waals surface area (Å²) in [4.78, 5) is 65.7. The molecule has 0 radical (unpaired) electrons. The van der Waals surface area contributed by atoms with Crippen molar-refractivity contribution < 1.29 is 29.1 Å². The summed E-state index contributed by atoms with van der Waals surface area (Å²) in [5.74, 6) is -2.22. The smallest absolute Gasteiger partial charge is 0.253 e. The third-order valence-electron chi connectivity index (χ3n) is 8.85. The van der Waals surface area contributed by atoms with Crippen molar-refractivity contribution in [2.45, 2.75) is 0 Å². The summed E-state index contributed by atoms with van der Waals surface area (Å²) >= 11 is 0. The molecular weight excluding hydrogens is 578 g/mol. The van der Waals surface area contributed by atoms with Crippen molar-refractivity contribution >= 4 is 39.8 Å². The van der Waals surface area contributed by atoms with Crippen molar-refractivity contribution in [3.63, 3.8) is 0 Å². The molecule has 0 aliphatic heterocycles. The topological polar surface area (TPSA) is 132 Å². The van der Waals surface area contributed by atoms with E-state index in [1.807, 2.05) is 0 Å². The maximum atomic E-state index is 13.4. The lowest BCUT2D eigenvalue weighted by Crippen LogP contribution is -2.20. The summed E-state index contributed by atoms with van der Waals surface area (Å²) in [7, 11) is 0. The Morgan fingerprint density at radius 2 is 0.870 bits per heavy atom. The summed E-state index contributed by atoms with van der Waals surface area (Å²) in [5.41, 5.74) is 10.2. The van der Waals surface area contributed by atoms with Gasteiger partial charge in [-0.3, -0.25) is 24.0 Å². The molecule has 2 aliphatic carbocycles. The number of carbonyl (C=O) groups is 5. The Morgan fingerprint density at radius 1 is 0.457 bits per heavy atom. The molecule has 6 aromatic rings. The van der Waals surface area contributed by atoms with Gasteiger partial charge in [-0.05, 0) is 63.9 Å². The molecule has 0 fully saturated rings. The first-order valence-electron chi connectivity index (χ1n) is 14.5. The van der Waals surface area contributed by atoms with Gasteiger partial charge in [-0.25, -0.2) is 0 Å². The number of amides is 1. The van der Waals surface area contributed by atoms with Gasteiger partial charge in [0.1, 0.15) is 5.75 Å². The molecule has 2 aliphatic rings.